The summed E-state index contributed by atoms with van der Waals surface area (Å²) < 4.78 is 7.73. The van der Waals surface area contributed by atoms with E-state index in [1.807, 2.05) is 27.8 Å². The van der Waals surface area contributed by atoms with Crippen LogP contribution in [-0.2, 0) is 12.8 Å². The lowest BCUT2D eigenvalue weighted by molar-refractivity contribution is 0.0689. The first-order valence-corrected chi connectivity index (χ1v) is 9.99. The van der Waals surface area contributed by atoms with E-state index in [1.54, 1.807) is 0 Å². The van der Waals surface area contributed by atoms with Crippen LogP contribution in [0.5, 0.6) is 5.75 Å². The van der Waals surface area contributed by atoms with Gasteiger partial charge in [0.05, 0.1) is 11.7 Å². The number of ether oxygens (including phenoxy) is 1. The molecule has 1 aromatic heterocycles. The molecular formula is C21H28N4O2. The first-order valence-electron chi connectivity index (χ1n) is 9.99. The van der Waals surface area contributed by atoms with Gasteiger partial charge in [0, 0.05) is 31.3 Å². The standard InChI is InChI=1S/C21H28N4O2/c1-14(2)10-18-13-25(23-22-18)19-6-8-24(9-7-19)21(26)16-4-5-20-17(12-16)11-15(3)27-20/h4-5,12-15,19H,6-11H2,1-3H3/t15-/m0/s1. The molecule has 1 atom stereocenters. The van der Waals surface area contributed by atoms with Gasteiger partial charge in [0.1, 0.15) is 11.9 Å². The summed E-state index contributed by atoms with van der Waals surface area (Å²) in [7, 11) is 0. The Balaban J connectivity index is 1.37. The molecule has 144 valence electrons. The highest BCUT2D eigenvalue weighted by Crippen LogP contribution is 2.30. The normalized spacial score (nSPS) is 20.0. The minimum absolute atomic E-state index is 0.120. The average Bonchev–Trinajstić information content (AvgIpc) is 3.25. The molecule has 1 saturated heterocycles. The van der Waals surface area contributed by atoms with Gasteiger partial charge >= 0.3 is 0 Å². The van der Waals surface area contributed by atoms with Crippen LogP contribution in [0.3, 0.4) is 0 Å². The van der Waals surface area contributed by atoms with Crippen molar-refractivity contribution in [2.45, 2.75) is 58.6 Å². The van der Waals surface area contributed by atoms with Crippen molar-refractivity contribution in [3.8, 4) is 5.75 Å². The van der Waals surface area contributed by atoms with E-state index in [0.717, 1.165) is 61.3 Å². The van der Waals surface area contributed by atoms with E-state index in [4.69, 9.17) is 4.74 Å². The van der Waals surface area contributed by atoms with Crippen LogP contribution in [0.4, 0.5) is 0 Å². The fraction of sp³-hybridized carbons (Fsp3) is 0.571. The van der Waals surface area contributed by atoms with Gasteiger partial charge in [-0.3, -0.25) is 4.79 Å². The Morgan fingerprint density at radius 2 is 2.07 bits per heavy atom. The Morgan fingerprint density at radius 1 is 1.30 bits per heavy atom. The van der Waals surface area contributed by atoms with Crippen molar-refractivity contribution in [3.63, 3.8) is 0 Å². The SMILES string of the molecule is CC(C)Cc1cn(C2CCN(C(=O)c3ccc4c(c3)C[C@H](C)O4)CC2)nn1. The number of carbonyl (C=O) groups excluding carboxylic acids is 1. The van der Waals surface area contributed by atoms with Gasteiger partial charge in [0.2, 0.25) is 0 Å². The molecule has 0 radical (unpaired) electrons. The number of aromatic nitrogens is 3. The van der Waals surface area contributed by atoms with Crippen molar-refractivity contribution >= 4 is 5.91 Å². The Morgan fingerprint density at radius 3 is 2.81 bits per heavy atom. The first kappa shape index (κ1) is 18.0. The number of carbonyl (C=O) groups is 1. The fourth-order valence-electron chi connectivity index (χ4n) is 4.07. The molecule has 27 heavy (non-hydrogen) atoms. The van der Waals surface area contributed by atoms with Crippen LogP contribution in [-0.4, -0.2) is 45.0 Å². The van der Waals surface area contributed by atoms with E-state index < -0.39 is 0 Å². The van der Waals surface area contributed by atoms with Gasteiger partial charge in [0.15, 0.2) is 0 Å². The van der Waals surface area contributed by atoms with Crippen LogP contribution >= 0.6 is 0 Å². The third kappa shape index (κ3) is 3.84. The number of fused-ring (bicyclic) bond motifs is 1. The van der Waals surface area contributed by atoms with Crippen molar-refractivity contribution in [2.24, 2.45) is 5.92 Å². The molecule has 0 N–H and O–H groups in total. The quantitative estimate of drug-likeness (QED) is 0.831. The summed E-state index contributed by atoms with van der Waals surface area (Å²) in [6.45, 7) is 7.95. The lowest BCUT2D eigenvalue weighted by Gasteiger charge is -2.32. The Kier molecular flexibility index (Phi) is 4.89. The van der Waals surface area contributed by atoms with Gasteiger partial charge in [-0.1, -0.05) is 19.1 Å². The first-order chi connectivity index (χ1) is 13.0. The van der Waals surface area contributed by atoms with Crippen LogP contribution in [0.15, 0.2) is 24.4 Å². The number of nitrogens with zero attached hydrogens (tertiary/aromatic N) is 4. The van der Waals surface area contributed by atoms with Crippen LogP contribution in [0.2, 0.25) is 0 Å². The lowest BCUT2D eigenvalue weighted by Crippen LogP contribution is -2.39. The van der Waals surface area contributed by atoms with Crippen molar-refractivity contribution in [1.29, 1.82) is 0 Å². The van der Waals surface area contributed by atoms with Crippen LogP contribution in [0.25, 0.3) is 0 Å². The zero-order chi connectivity index (χ0) is 19.0. The number of hydrogen-bond acceptors (Lipinski definition) is 4. The molecular weight excluding hydrogens is 340 g/mol. The minimum atomic E-state index is 0.120. The zero-order valence-corrected chi connectivity index (χ0v) is 16.4. The Hall–Kier alpha value is -2.37. The van der Waals surface area contributed by atoms with Crippen molar-refractivity contribution in [2.75, 3.05) is 13.1 Å². The van der Waals surface area contributed by atoms with Crippen LogP contribution in [0, 0.1) is 5.92 Å². The maximum atomic E-state index is 12.9. The van der Waals surface area contributed by atoms with Gasteiger partial charge in [-0.2, -0.15) is 0 Å². The smallest absolute Gasteiger partial charge is 0.253 e. The summed E-state index contributed by atoms with van der Waals surface area (Å²) in [6.07, 6.45) is 5.94. The molecule has 6 nitrogen and oxygen atoms in total. The highest BCUT2D eigenvalue weighted by Gasteiger charge is 2.27. The predicted octanol–water partition coefficient (Wildman–Crippen LogP) is 3.28. The highest BCUT2D eigenvalue weighted by atomic mass is 16.5. The molecule has 0 saturated carbocycles. The fourth-order valence-corrected chi connectivity index (χ4v) is 4.07. The summed E-state index contributed by atoms with van der Waals surface area (Å²) in [5.74, 6) is 1.62. The molecule has 0 unspecified atom stereocenters. The van der Waals surface area contributed by atoms with Gasteiger partial charge in [-0.05, 0) is 55.9 Å². The third-order valence-electron chi connectivity index (χ3n) is 5.44. The van der Waals surface area contributed by atoms with Gasteiger partial charge in [-0.25, -0.2) is 4.68 Å². The number of piperidine rings is 1. The van der Waals surface area contributed by atoms with Gasteiger partial charge in [-0.15, -0.1) is 5.10 Å². The molecule has 6 heteroatoms. The average molecular weight is 368 g/mol. The van der Waals surface area contributed by atoms with E-state index in [0.29, 0.717) is 12.0 Å². The predicted molar refractivity (Wildman–Crippen MR) is 103 cm³/mol. The van der Waals surface area contributed by atoms with Crippen molar-refractivity contribution in [1.82, 2.24) is 19.9 Å². The third-order valence-corrected chi connectivity index (χ3v) is 5.44. The molecule has 2 aliphatic heterocycles. The number of likely N-dealkylation sites (tertiary alicyclic amines) is 1. The van der Waals surface area contributed by atoms with E-state index in [2.05, 4.69) is 37.3 Å². The highest BCUT2D eigenvalue weighted by molar-refractivity contribution is 5.94. The summed E-state index contributed by atoms with van der Waals surface area (Å²) in [5, 5.41) is 8.61. The molecule has 2 aromatic rings. The topological polar surface area (TPSA) is 60.2 Å². The molecule has 3 heterocycles. The number of benzene rings is 1. The van der Waals surface area contributed by atoms with Gasteiger partial charge in [0.25, 0.3) is 5.91 Å². The molecule has 2 aliphatic rings. The van der Waals surface area contributed by atoms with Crippen LogP contribution in [0.1, 0.15) is 61.3 Å². The van der Waals surface area contributed by atoms with Crippen LogP contribution < -0.4 is 4.74 Å². The minimum Gasteiger partial charge on any atom is -0.490 e. The molecule has 1 fully saturated rings. The summed E-state index contributed by atoms with van der Waals surface area (Å²) >= 11 is 0. The molecule has 4 rings (SSSR count). The number of hydrogen-bond donors (Lipinski definition) is 0. The largest absolute Gasteiger partial charge is 0.490 e. The van der Waals surface area contributed by atoms with E-state index in [-0.39, 0.29) is 12.0 Å². The Labute approximate surface area is 160 Å². The van der Waals surface area contributed by atoms with Crippen molar-refractivity contribution < 1.29 is 9.53 Å². The van der Waals surface area contributed by atoms with Crippen molar-refractivity contribution in [3.05, 3.63) is 41.2 Å². The van der Waals surface area contributed by atoms with Gasteiger partial charge < -0.3 is 9.64 Å². The number of amides is 1. The number of rotatable bonds is 4. The zero-order valence-electron chi connectivity index (χ0n) is 16.4. The second-order valence-electron chi connectivity index (χ2n) is 8.27. The second kappa shape index (κ2) is 7.33. The molecule has 0 aliphatic carbocycles. The summed E-state index contributed by atoms with van der Waals surface area (Å²) in [4.78, 5) is 14.9. The molecule has 0 spiro atoms. The maximum absolute atomic E-state index is 12.9. The summed E-state index contributed by atoms with van der Waals surface area (Å²) in [5.41, 5.74) is 2.96. The van der Waals surface area contributed by atoms with E-state index >= 15 is 0 Å². The molecule has 1 aromatic carbocycles. The van der Waals surface area contributed by atoms with E-state index in [1.165, 1.54) is 0 Å². The summed E-state index contributed by atoms with van der Waals surface area (Å²) in [6, 6.07) is 6.16. The molecule has 1 amide bonds. The monoisotopic (exact) mass is 368 g/mol. The lowest BCUT2D eigenvalue weighted by atomic mass is 10.0. The van der Waals surface area contributed by atoms with E-state index in [9.17, 15) is 4.79 Å². The molecule has 0 bridgehead atoms. The maximum Gasteiger partial charge on any atom is 0.253 e. The Bertz CT molecular complexity index is 821. The second-order valence-corrected chi connectivity index (χ2v) is 8.27.